The number of hydrogen-bond acceptors (Lipinski definition) is 4. The zero-order valence-corrected chi connectivity index (χ0v) is 15.5. The number of aromatic nitrogens is 3. The molecule has 0 radical (unpaired) electrons. The van der Waals surface area contributed by atoms with Crippen molar-refractivity contribution in [3.8, 4) is 22.7 Å². The minimum atomic E-state index is -0.306. The number of halogens is 1. The monoisotopic (exact) mass is 388 g/mol. The number of ether oxygens (including phenoxy) is 1. The summed E-state index contributed by atoms with van der Waals surface area (Å²) in [6, 6.07) is 20.2. The highest BCUT2D eigenvalue weighted by atomic mass is 19.1. The first-order valence-electron chi connectivity index (χ1n) is 8.86. The minimum absolute atomic E-state index is 0.223. The second-order valence-corrected chi connectivity index (χ2v) is 6.27. The molecule has 4 aromatic rings. The second kappa shape index (κ2) is 7.93. The van der Waals surface area contributed by atoms with Gasteiger partial charge in [0, 0.05) is 16.8 Å². The van der Waals surface area contributed by atoms with E-state index >= 15 is 0 Å². The molecule has 1 amide bonds. The summed E-state index contributed by atoms with van der Waals surface area (Å²) in [5.41, 5.74) is 3.43. The first-order chi connectivity index (χ1) is 14.1. The molecule has 1 aromatic heterocycles. The maximum Gasteiger partial charge on any atom is 0.255 e. The van der Waals surface area contributed by atoms with Crippen molar-refractivity contribution in [2.24, 2.45) is 0 Å². The molecule has 0 aliphatic carbocycles. The van der Waals surface area contributed by atoms with Crippen molar-refractivity contribution in [3.05, 3.63) is 90.4 Å². The van der Waals surface area contributed by atoms with Crippen LogP contribution in [0.25, 0.3) is 16.9 Å². The Morgan fingerprint density at radius 1 is 0.966 bits per heavy atom. The van der Waals surface area contributed by atoms with Gasteiger partial charge in [0.15, 0.2) is 0 Å². The maximum atomic E-state index is 13.2. The Labute approximate surface area is 166 Å². The lowest BCUT2D eigenvalue weighted by molar-refractivity contribution is 0.102. The Balaban J connectivity index is 1.53. The maximum absolute atomic E-state index is 13.2. The molecular weight excluding hydrogens is 371 g/mol. The van der Waals surface area contributed by atoms with Gasteiger partial charge in [-0.05, 0) is 72.8 Å². The number of benzene rings is 3. The standard InChI is InChI=1S/C22H17FN4O2/c1-29-20-12-8-18(9-13-20)25-22(28)16-4-10-19(11-5-16)27-21(14-24-26-27)15-2-6-17(23)7-3-15/h2-14H,1H3,(H,25,28). The van der Waals surface area contributed by atoms with Crippen molar-refractivity contribution in [1.29, 1.82) is 0 Å². The largest absolute Gasteiger partial charge is 0.497 e. The van der Waals surface area contributed by atoms with Crippen molar-refractivity contribution >= 4 is 11.6 Å². The van der Waals surface area contributed by atoms with Crippen LogP contribution in [0.2, 0.25) is 0 Å². The summed E-state index contributed by atoms with van der Waals surface area (Å²) in [4.78, 5) is 12.5. The van der Waals surface area contributed by atoms with E-state index in [1.165, 1.54) is 12.1 Å². The van der Waals surface area contributed by atoms with Gasteiger partial charge in [0.05, 0.1) is 24.7 Å². The van der Waals surface area contributed by atoms with E-state index in [4.69, 9.17) is 4.74 Å². The predicted octanol–water partition coefficient (Wildman–Crippen LogP) is 4.33. The Kier molecular flexibility index (Phi) is 5.03. The molecule has 1 N–H and O–H groups in total. The van der Waals surface area contributed by atoms with Crippen LogP contribution in [0.5, 0.6) is 5.75 Å². The third-order valence-electron chi connectivity index (χ3n) is 4.41. The molecule has 0 aliphatic rings. The fourth-order valence-corrected chi connectivity index (χ4v) is 2.87. The molecule has 0 saturated heterocycles. The van der Waals surface area contributed by atoms with Crippen LogP contribution < -0.4 is 10.1 Å². The van der Waals surface area contributed by atoms with Crippen LogP contribution >= 0.6 is 0 Å². The molecule has 3 aromatic carbocycles. The van der Waals surface area contributed by atoms with Gasteiger partial charge in [0.1, 0.15) is 11.6 Å². The molecule has 0 bridgehead atoms. The number of amides is 1. The van der Waals surface area contributed by atoms with Gasteiger partial charge in [-0.1, -0.05) is 5.21 Å². The fourth-order valence-electron chi connectivity index (χ4n) is 2.87. The normalized spacial score (nSPS) is 10.6. The Hall–Kier alpha value is -4.00. The van der Waals surface area contributed by atoms with E-state index in [0.29, 0.717) is 11.3 Å². The molecule has 0 saturated carbocycles. The molecule has 144 valence electrons. The third-order valence-corrected chi connectivity index (χ3v) is 4.41. The highest BCUT2D eigenvalue weighted by Crippen LogP contribution is 2.22. The van der Waals surface area contributed by atoms with E-state index in [1.807, 2.05) is 0 Å². The number of nitrogens with zero attached hydrogens (tertiary/aromatic N) is 3. The van der Waals surface area contributed by atoms with E-state index < -0.39 is 0 Å². The van der Waals surface area contributed by atoms with Crippen LogP contribution in [0.4, 0.5) is 10.1 Å². The summed E-state index contributed by atoms with van der Waals surface area (Å²) in [5, 5.41) is 10.9. The summed E-state index contributed by atoms with van der Waals surface area (Å²) >= 11 is 0. The average Bonchev–Trinajstić information content (AvgIpc) is 3.25. The third kappa shape index (κ3) is 3.98. The lowest BCUT2D eigenvalue weighted by Crippen LogP contribution is -2.12. The topological polar surface area (TPSA) is 69.0 Å². The van der Waals surface area contributed by atoms with Crippen molar-refractivity contribution in [1.82, 2.24) is 15.0 Å². The van der Waals surface area contributed by atoms with Crippen LogP contribution in [0.3, 0.4) is 0 Å². The number of carbonyl (C=O) groups is 1. The van der Waals surface area contributed by atoms with Gasteiger partial charge in [-0.25, -0.2) is 9.07 Å². The highest BCUT2D eigenvalue weighted by Gasteiger charge is 2.11. The summed E-state index contributed by atoms with van der Waals surface area (Å²) in [6.45, 7) is 0. The van der Waals surface area contributed by atoms with Crippen LogP contribution in [0, 0.1) is 5.82 Å². The first-order valence-corrected chi connectivity index (χ1v) is 8.86. The second-order valence-electron chi connectivity index (χ2n) is 6.27. The van der Waals surface area contributed by atoms with Gasteiger partial charge in [-0.2, -0.15) is 0 Å². The SMILES string of the molecule is COc1ccc(NC(=O)c2ccc(-n3nncc3-c3ccc(F)cc3)cc2)cc1. The fraction of sp³-hybridized carbons (Fsp3) is 0.0455. The molecule has 0 spiro atoms. The van der Waals surface area contributed by atoms with Gasteiger partial charge in [0.2, 0.25) is 0 Å². The number of rotatable bonds is 5. The van der Waals surface area contributed by atoms with E-state index in [-0.39, 0.29) is 11.7 Å². The Bertz CT molecular complexity index is 1120. The van der Waals surface area contributed by atoms with Crippen LogP contribution in [0.15, 0.2) is 79.0 Å². The number of anilines is 1. The zero-order valence-electron chi connectivity index (χ0n) is 15.5. The number of carbonyl (C=O) groups excluding carboxylic acids is 1. The average molecular weight is 388 g/mol. The molecule has 6 nitrogen and oxygen atoms in total. The summed E-state index contributed by atoms with van der Waals surface area (Å²) in [7, 11) is 1.59. The van der Waals surface area contributed by atoms with Gasteiger partial charge in [-0.15, -0.1) is 5.10 Å². The van der Waals surface area contributed by atoms with Gasteiger partial charge < -0.3 is 10.1 Å². The summed E-state index contributed by atoms with van der Waals surface area (Å²) in [5.74, 6) is 0.191. The molecule has 0 unspecified atom stereocenters. The van der Waals surface area contributed by atoms with Crippen molar-refractivity contribution in [2.45, 2.75) is 0 Å². The lowest BCUT2D eigenvalue weighted by Gasteiger charge is -2.09. The van der Waals surface area contributed by atoms with Crippen molar-refractivity contribution in [3.63, 3.8) is 0 Å². The van der Waals surface area contributed by atoms with E-state index in [1.54, 1.807) is 78.7 Å². The Morgan fingerprint density at radius 2 is 1.66 bits per heavy atom. The molecule has 7 heteroatoms. The molecule has 29 heavy (non-hydrogen) atoms. The van der Waals surface area contributed by atoms with Crippen LogP contribution in [-0.2, 0) is 0 Å². The van der Waals surface area contributed by atoms with Gasteiger partial charge in [0.25, 0.3) is 5.91 Å². The molecule has 0 fully saturated rings. The predicted molar refractivity (Wildman–Crippen MR) is 108 cm³/mol. The summed E-state index contributed by atoms with van der Waals surface area (Å²) < 4.78 is 19.9. The lowest BCUT2D eigenvalue weighted by atomic mass is 10.1. The van der Waals surface area contributed by atoms with Gasteiger partial charge >= 0.3 is 0 Å². The number of hydrogen-bond donors (Lipinski definition) is 1. The molecule has 0 atom stereocenters. The number of nitrogens with one attached hydrogen (secondary N) is 1. The van der Waals surface area contributed by atoms with Crippen molar-refractivity contribution in [2.75, 3.05) is 12.4 Å². The quantitative estimate of drug-likeness (QED) is 0.552. The molecule has 1 heterocycles. The molecular formula is C22H17FN4O2. The highest BCUT2D eigenvalue weighted by molar-refractivity contribution is 6.04. The van der Waals surface area contributed by atoms with Crippen LogP contribution in [0.1, 0.15) is 10.4 Å². The first kappa shape index (κ1) is 18.4. The van der Waals surface area contributed by atoms with Crippen molar-refractivity contribution < 1.29 is 13.9 Å². The van der Waals surface area contributed by atoms with Gasteiger partial charge in [-0.3, -0.25) is 4.79 Å². The molecule has 0 aliphatic heterocycles. The molecule has 4 rings (SSSR count). The zero-order chi connectivity index (χ0) is 20.2. The van der Waals surface area contributed by atoms with E-state index in [9.17, 15) is 9.18 Å². The van der Waals surface area contributed by atoms with E-state index in [2.05, 4.69) is 15.6 Å². The Morgan fingerprint density at radius 3 is 2.31 bits per heavy atom. The summed E-state index contributed by atoms with van der Waals surface area (Å²) in [6.07, 6.45) is 1.61. The number of methoxy groups -OCH3 is 1. The minimum Gasteiger partial charge on any atom is -0.497 e. The van der Waals surface area contributed by atoms with E-state index in [0.717, 1.165) is 22.7 Å². The smallest absolute Gasteiger partial charge is 0.255 e. The van der Waals surface area contributed by atoms with Crippen LogP contribution in [-0.4, -0.2) is 28.0 Å².